The second-order valence-corrected chi connectivity index (χ2v) is 7.15. The number of H-pyrrole nitrogens is 1. The number of nitrogens with one attached hydrogen (secondary N) is 1. The van der Waals surface area contributed by atoms with Crippen LogP contribution in [0.25, 0.3) is 10.9 Å². The summed E-state index contributed by atoms with van der Waals surface area (Å²) in [5.74, 6) is 0.804. The molecule has 0 spiro atoms. The third kappa shape index (κ3) is 1.55. The van der Waals surface area contributed by atoms with E-state index in [9.17, 15) is 4.79 Å². The fourth-order valence-electron chi connectivity index (χ4n) is 4.29. The second-order valence-electron chi connectivity index (χ2n) is 7.15. The molecule has 5 heteroatoms. The SMILES string of the molecule is COc1ccc2[nH]c(C)c3c2c1[C@]1(C)N(CC3)C(=O)OC1(C)C. The fourth-order valence-corrected chi connectivity index (χ4v) is 4.29. The van der Waals surface area contributed by atoms with Crippen molar-refractivity contribution >= 4 is 17.0 Å². The molecule has 2 aromatic rings. The number of cyclic esters (lactones) is 1. The normalized spacial score (nSPS) is 25.3. The van der Waals surface area contributed by atoms with E-state index in [1.165, 1.54) is 10.9 Å². The molecule has 1 N–H and O–H groups in total. The number of hydrogen-bond acceptors (Lipinski definition) is 3. The molecule has 1 amide bonds. The van der Waals surface area contributed by atoms with Crippen molar-refractivity contribution in [2.45, 2.75) is 45.3 Å². The lowest BCUT2D eigenvalue weighted by molar-refractivity contribution is 0.0230. The average molecular weight is 314 g/mol. The first-order valence-electron chi connectivity index (χ1n) is 8.00. The van der Waals surface area contributed by atoms with Gasteiger partial charge in [-0.05, 0) is 51.8 Å². The standard InChI is InChI=1S/C18H22N2O3/c1-10-11-8-9-20-16(21)23-17(2,3)18(20,4)15-13(22-5)7-6-12(19-10)14(11)15/h6-7,19H,8-9H2,1-5H3/t18-/m0/s1. The topological polar surface area (TPSA) is 54.6 Å². The summed E-state index contributed by atoms with van der Waals surface area (Å²) in [6.45, 7) is 8.78. The maximum absolute atomic E-state index is 12.5. The van der Waals surface area contributed by atoms with Gasteiger partial charge in [-0.25, -0.2) is 4.79 Å². The van der Waals surface area contributed by atoms with Gasteiger partial charge in [-0.1, -0.05) is 0 Å². The van der Waals surface area contributed by atoms with Gasteiger partial charge in [0.05, 0.1) is 7.11 Å². The average Bonchev–Trinajstić information content (AvgIpc) is 2.81. The number of aromatic amines is 1. The summed E-state index contributed by atoms with van der Waals surface area (Å²) in [4.78, 5) is 17.9. The van der Waals surface area contributed by atoms with Crippen molar-refractivity contribution in [1.82, 2.24) is 9.88 Å². The van der Waals surface area contributed by atoms with E-state index in [0.717, 1.165) is 28.9 Å². The van der Waals surface area contributed by atoms with Crippen LogP contribution in [-0.4, -0.2) is 35.2 Å². The molecule has 4 rings (SSSR count). The highest BCUT2D eigenvalue weighted by molar-refractivity contribution is 5.93. The van der Waals surface area contributed by atoms with Gasteiger partial charge in [0, 0.05) is 28.7 Å². The van der Waals surface area contributed by atoms with Crippen molar-refractivity contribution in [2.75, 3.05) is 13.7 Å². The Morgan fingerprint density at radius 2 is 2.04 bits per heavy atom. The Hall–Kier alpha value is -2.17. The van der Waals surface area contributed by atoms with Crippen LogP contribution in [0.1, 0.15) is 37.6 Å². The number of carbonyl (C=O) groups is 1. The molecule has 1 atom stereocenters. The van der Waals surface area contributed by atoms with E-state index in [2.05, 4.69) is 24.9 Å². The van der Waals surface area contributed by atoms with Crippen molar-refractivity contribution in [1.29, 1.82) is 0 Å². The van der Waals surface area contributed by atoms with Gasteiger partial charge >= 0.3 is 6.09 Å². The number of aromatic nitrogens is 1. The maximum Gasteiger partial charge on any atom is 0.411 e. The van der Waals surface area contributed by atoms with Gasteiger partial charge in [-0.3, -0.25) is 4.90 Å². The molecule has 3 heterocycles. The minimum atomic E-state index is -0.640. The number of fused-ring (bicyclic) bond motifs is 2. The molecule has 122 valence electrons. The van der Waals surface area contributed by atoms with Crippen LogP contribution < -0.4 is 4.74 Å². The molecular formula is C18H22N2O3. The first-order valence-corrected chi connectivity index (χ1v) is 8.00. The summed E-state index contributed by atoms with van der Waals surface area (Å²) in [5, 5.41) is 1.18. The van der Waals surface area contributed by atoms with Crippen LogP contribution >= 0.6 is 0 Å². The number of methoxy groups -OCH3 is 1. The highest BCUT2D eigenvalue weighted by Gasteiger charge is 2.60. The maximum atomic E-state index is 12.5. The van der Waals surface area contributed by atoms with Gasteiger partial charge in [0.1, 0.15) is 16.9 Å². The van der Waals surface area contributed by atoms with Gasteiger partial charge in [0.2, 0.25) is 0 Å². The van der Waals surface area contributed by atoms with Gasteiger partial charge in [0.25, 0.3) is 0 Å². The monoisotopic (exact) mass is 314 g/mol. The number of benzene rings is 1. The van der Waals surface area contributed by atoms with Crippen LogP contribution in [0, 0.1) is 6.92 Å². The van der Waals surface area contributed by atoms with Gasteiger partial charge in [-0.2, -0.15) is 0 Å². The largest absolute Gasteiger partial charge is 0.496 e. The van der Waals surface area contributed by atoms with Crippen molar-refractivity contribution < 1.29 is 14.3 Å². The highest BCUT2D eigenvalue weighted by atomic mass is 16.6. The Balaban J connectivity index is 2.17. The molecule has 1 aromatic carbocycles. The van der Waals surface area contributed by atoms with E-state index < -0.39 is 11.1 Å². The number of aryl methyl sites for hydroxylation is 1. The lowest BCUT2D eigenvalue weighted by atomic mass is 9.76. The molecule has 2 aliphatic heterocycles. The molecule has 1 aromatic heterocycles. The molecular weight excluding hydrogens is 292 g/mol. The van der Waals surface area contributed by atoms with Crippen molar-refractivity contribution in [2.24, 2.45) is 0 Å². The lowest BCUT2D eigenvalue weighted by Crippen LogP contribution is -2.51. The number of rotatable bonds is 1. The van der Waals surface area contributed by atoms with E-state index in [1.807, 2.05) is 24.8 Å². The van der Waals surface area contributed by atoms with Crippen LogP contribution in [-0.2, 0) is 16.7 Å². The summed E-state index contributed by atoms with van der Waals surface area (Å²) in [5.41, 5.74) is 3.35. The van der Waals surface area contributed by atoms with E-state index in [-0.39, 0.29) is 6.09 Å². The Bertz CT molecular complexity index is 836. The number of hydrogen-bond donors (Lipinski definition) is 1. The smallest absolute Gasteiger partial charge is 0.411 e. The number of amides is 1. The zero-order valence-corrected chi connectivity index (χ0v) is 14.2. The summed E-state index contributed by atoms with van der Waals surface area (Å²) in [6, 6.07) is 4.03. The third-order valence-corrected chi connectivity index (χ3v) is 5.81. The molecule has 0 aliphatic carbocycles. The van der Waals surface area contributed by atoms with Gasteiger partial charge < -0.3 is 14.5 Å². The molecule has 0 bridgehead atoms. The van der Waals surface area contributed by atoms with Crippen molar-refractivity contribution in [3.05, 3.63) is 29.0 Å². The molecule has 0 radical (unpaired) electrons. The van der Waals surface area contributed by atoms with E-state index >= 15 is 0 Å². The van der Waals surface area contributed by atoms with Crippen LogP contribution in [0.5, 0.6) is 5.75 Å². The van der Waals surface area contributed by atoms with Crippen molar-refractivity contribution in [3.63, 3.8) is 0 Å². The minimum absolute atomic E-state index is 0.247. The molecule has 1 saturated heterocycles. The molecule has 0 saturated carbocycles. The predicted octanol–water partition coefficient (Wildman–Crippen LogP) is 3.49. The fraction of sp³-hybridized carbons (Fsp3) is 0.500. The lowest BCUT2D eigenvalue weighted by Gasteiger charge is -2.40. The second kappa shape index (κ2) is 4.22. The van der Waals surface area contributed by atoms with Gasteiger partial charge in [-0.15, -0.1) is 0 Å². The molecule has 2 aliphatic rings. The Kier molecular flexibility index (Phi) is 2.64. The Labute approximate surface area is 135 Å². The van der Waals surface area contributed by atoms with Crippen LogP contribution in [0.4, 0.5) is 4.79 Å². The molecule has 5 nitrogen and oxygen atoms in total. The minimum Gasteiger partial charge on any atom is -0.496 e. The van der Waals surface area contributed by atoms with Crippen molar-refractivity contribution in [3.8, 4) is 5.75 Å². The number of nitrogens with zero attached hydrogens (tertiary/aromatic N) is 1. The Morgan fingerprint density at radius 3 is 2.74 bits per heavy atom. The zero-order valence-electron chi connectivity index (χ0n) is 14.2. The molecule has 0 unspecified atom stereocenters. The Morgan fingerprint density at radius 1 is 1.30 bits per heavy atom. The predicted molar refractivity (Wildman–Crippen MR) is 87.9 cm³/mol. The zero-order chi connectivity index (χ0) is 16.6. The quantitative estimate of drug-likeness (QED) is 0.876. The number of ether oxygens (including phenoxy) is 2. The molecule has 1 fully saturated rings. The first kappa shape index (κ1) is 14.4. The van der Waals surface area contributed by atoms with E-state index in [1.54, 1.807) is 7.11 Å². The highest BCUT2D eigenvalue weighted by Crippen LogP contribution is 2.53. The van der Waals surface area contributed by atoms with E-state index in [0.29, 0.717) is 6.54 Å². The summed E-state index contributed by atoms with van der Waals surface area (Å²) in [6.07, 6.45) is 0.565. The first-order chi connectivity index (χ1) is 10.8. The summed E-state index contributed by atoms with van der Waals surface area (Å²) < 4.78 is 11.4. The number of carbonyl (C=O) groups excluding carboxylic acids is 1. The van der Waals surface area contributed by atoms with Gasteiger partial charge in [0.15, 0.2) is 0 Å². The molecule has 23 heavy (non-hydrogen) atoms. The third-order valence-electron chi connectivity index (χ3n) is 5.81. The summed E-state index contributed by atoms with van der Waals surface area (Å²) >= 11 is 0. The summed E-state index contributed by atoms with van der Waals surface area (Å²) in [7, 11) is 1.68. The van der Waals surface area contributed by atoms with Crippen LogP contribution in [0.3, 0.4) is 0 Å². The van der Waals surface area contributed by atoms with Crippen LogP contribution in [0.15, 0.2) is 12.1 Å². The van der Waals surface area contributed by atoms with E-state index in [4.69, 9.17) is 9.47 Å². The van der Waals surface area contributed by atoms with Crippen LogP contribution in [0.2, 0.25) is 0 Å².